The van der Waals surface area contributed by atoms with E-state index in [4.69, 9.17) is 0 Å². The minimum absolute atomic E-state index is 0.0942. The number of hydrogen-bond donors (Lipinski definition) is 3. The third-order valence-corrected chi connectivity index (χ3v) is 4.48. The van der Waals surface area contributed by atoms with Crippen LogP contribution in [0, 0.1) is 5.82 Å². The molecule has 9 heteroatoms. The zero-order valence-electron chi connectivity index (χ0n) is 11.6. The molecule has 21 heavy (non-hydrogen) atoms. The number of halogens is 1. The number of sulfonamides is 1. The summed E-state index contributed by atoms with van der Waals surface area (Å²) in [5.41, 5.74) is 0.483. The number of H-pyrrole nitrogens is 1. The summed E-state index contributed by atoms with van der Waals surface area (Å²) in [6.45, 7) is 1.93. The van der Waals surface area contributed by atoms with Gasteiger partial charge in [0.25, 0.3) is 0 Å². The van der Waals surface area contributed by atoms with Crippen LogP contribution in [0.5, 0.6) is 0 Å². The van der Waals surface area contributed by atoms with Crippen LogP contribution in [0.1, 0.15) is 24.4 Å². The molecule has 0 aliphatic carbocycles. The SMILES string of the molecule is CNCc1ccc(F)cc1S(=O)(=O)NC(C)c1ncn[nH]1. The van der Waals surface area contributed by atoms with Crippen molar-refractivity contribution in [3.63, 3.8) is 0 Å². The molecule has 1 atom stereocenters. The maximum atomic E-state index is 13.4. The zero-order valence-corrected chi connectivity index (χ0v) is 12.4. The second-order valence-electron chi connectivity index (χ2n) is 4.50. The van der Waals surface area contributed by atoms with Gasteiger partial charge >= 0.3 is 0 Å². The highest BCUT2D eigenvalue weighted by Crippen LogP contribution is 2.19. The molecule has 0 amide bonds. The van der Waals surface area contributed by atoms with Crippen molar-refractivity contribution in [3.8, 4) is 0 Å². The number of aromatic amines is 1. The molecule has 0 radical (unpaired) electrons. The molecule has 1 aromatic heterocycles. The Balaban J connectivity index is 2.33. The molecule has 0 saturated heterocycles. The lowest BCUT2D eigenvalue weighted by atomic mass is 10.2. The van der Waals surface area contributed by atoms with Gasteiger partial charge in [-0.15, -0.1) is 0 Å². The van der Waals surface area contributed by atoms with Crippen LogP contribution in [-0.2, 0) is 16.6 Å². The minimum Gasteiger partial charge on any atom is -0.316 e. The summed E-state index contributed by atoms with van der Waals surface area (Å²) in [7, 11) is -2.19. The summed E-state index contributed by atoms with van der Waals surface area (Å²) in [6.07, 6.45) is 1.29. The Labute approximate surface area is 122 Å². The largest absolute Gasteiger partial charge is 0.316 e. The fourth-order valence-corrected chi connectivity index (χ4v) is 3.35. The van der Waals surface area contributed by atoms with Crippen LogP contribution < -0.4 is 10.0 Å². The molecule has 1 aromatic carbocycles. The normalized spacial score (nSPS) is 13.3. The van der Waals surface area contributed by atoms with Crippen molar-refractivity contribution >= 4 is 10.0 Å². The lowest BCUT2D eigenvalue weighted by molar-refractivity contribution is 0.555. The van der Waals surface area contributed by atoms with E-state index in [2.05, 4.69) is 25.2 Å². The third kappa shape index (κ3) is 3.63. The number of aromatic nitrogens is 3. The molecule has 0 aliphatic heterocycles. The highest BCUT2D eigenvalue weighted by molar-refractivity contribution is 7.89. The van der Waals surface area contributed by atoms with Crippen LogP contribution in [0.2, 0.25) is 0 Å². The van der Waals surface area contributed by atoms with Crippen LogP contribution in [0.3, 0.4) is 0 Å². The molecule has 2 aromatic rings. The van der Waals surface area contributed by atoms with Crippen molar-refractivity contribution in [2.75, 3.05) is 7.05 Å². The van der Waals surface area contributed by atoms with Gasteiger partial charge in [0.05, 0.1) is 10.9 Å². The Morgan fingerprint density at radius 1 is 1.43 bits per heavy atom. The molecular weight excluding hydrogens is 297 g/mol. The summed E-state index contributed by atoms with van der Waals surface area (Å²) < 4.78 is 40.7. The molecule has 7 nitrogen and oxygen atoms in total. The molecule has 0 saturated carbocycles. The van der Waals surface area contributed by atoms with E-state index in [1.807, 2.05) is 0 Å². The predicted molar refractivity (Wildman–Crippen MR) is 74.3 cm³/mol. The molecule has 2 rings (SSSR count). The van der Waals surface area contributed by atoms with Gasteiger partial charge in [-0.05, 0) is 31.7 Å². The van der Waals surface area contributed by atoms with Crippen molar-refractivity contribution in [1.29, 1.82) is 0 Å². The Kier molecular flexibility index (Phi) is 4.66. The maximum absolute atomic E-state index is 13.4. The topological polar surface area (TPSA) is 99.8 Å². The Morgan fingerprint density at radius 3 is 2.81 bits per heavy atom. The molecule has 0 spiro atoms. The number of nitrogens with zero attached hydrogens (tertiary/aromatic N) is 2. The average molecular weight is 313 g/mol. The monoisotopic (exact) mass is 313 g/mol. The fourth-order valence-electron chi connectivity index (χ4n) is 1.89. The fraction of sp³-hybridized carbons (Fsp3) is 0.333. The van der Waals surface area contributed by atoms with E-state index < -0.39 is 21.9 Å². The highest BCUT2D eigenvalue weighted by atomic mass is 32.2. The number of hydrogen-bond acceptors (Lipinski definition) is 5. The van der Waals surface area contributed by atoms with Crippen molar-refractivity contribution in [1.82, 2.24) is 25.2 Å². The Bertz CT molecular complexity index is 702. The summed E-state index contributed by atoms with van der Waals surface area (Å²) in [4.78, 5) is 3.80. The molecule has 0 aliphatic rings. The van der Waals surface area contributed by atoms with Crippen LogP contribution >= 0.6 is 0 Å². The minimum atomic E-state index is -3.88. The van der Waals surface area contributed by atoms with Gasteiger partial charge in [0.15, 0.2) is 0 Å². The lowest BCUT2D eigenvalue weighted by Crippen LogP contribution is -2.29. The van der Waals surface area contributed by atoms with E-state index >= 15 is 0 Å². The average Bonchev–Trinajstić information content (AvgIpc) is 2.94. The van der Waals surface area contributed by atoms with Gasteiger partial charge in [-0.3, -0.25) is 5.10 Å². The van der Waals surface area contributed by atoms with Crippen LogP contribution in [0.25, 0.3) is 0 Å². The quantitative estimate of drug-likeness (QED) is 0.729. The standard InChI is InChI=1S/C12H16FN5O2S/c1-8(12-15-7-16-17-12)18-21(19,20)11-5-10(13)4-3-9(11)6-14-2/h3-5,7-8,14,18H,6H2,1-2H3,(H,15,16,17). The first kappa shape index (κ1) is 15.5. The van der Waals surface area contributed by atoms with E-state index in [0.717, 1.165) is 6.07 Å². The molecule has 3 N–H and O–H groups in total. The highest BCUT2D eigenvalue weighted by Gasteiger charge is 2.23. The van der Waals surface area contributed by atoms with Gasteiger partial charge < -0.3 is 5.32 Å². The van der Waals surface area contributed by atoms with E-state index in [1.54, 1.807) is 14.0 Å². The lowest BCUT2D eigenvalue weighted by Gasteiger charge is -2.14. The second kappa shape index (κ2) is 6.29. The summed E-state index contributed by atoms with van der Waals surface area (Å²) in [5.74, 6) is -0.229. The van der Waals surface area contributed by atoms with Gasteiger partial charge in [-0.1, -0.05) is 6.07 Å². The van der Waals surface area contributed by atoms with Gasteiger partial charge in [0.1, 0.15) is 18.0 Å². The van der Waals surface area contributed by atoms with E-state index in [-0.39, 0.29) is 4.90 Å². The summed E-state index contributed by atoms with van der Waals surface area (Å²) >= 11 is 0. The third-order valence-electron chi connectivity index (χ3n) is 2.86. The van der Waals surface area contributed by atoms with Gasteiger partial charge in [0, 0.05) is 6.54 Å². The van der Waals surface area contributed by atoms with Crippen molar-refractivity contribution in [2.45, 2.75) is 24.4 Å². The summed E-state index contributed by atoms with van der Waals surface area (Å²) in [6, 6.07) is 3.07. The first-order valence-electron chi connectivity index (χ1n) is 6.24. The molecule has 0 bridgehead atoms. The van der Waals surface area contributed by atoms with E-state index in [1.165, 1.54) is 18.5 Å². The number of benzene rings is 1. The zero-order chi connectivity index (χ0) is 15.5. The van der Waals surface area contributed by atoms with E-state index in [9.17, 15) is 12.8 Å². The first-order chi connectivity index (χ1) is 9.94. The molecule has 114 valence electrons. The number of nitrogens with one attached hydrogen (secondary N) is 3. The van der Waals surface area contributed by atoms with Gasteiger partial charge in [0.2, 0.25) is 10.0 Å². The predicted octanol–water partition coefficient (Wildman–Crippen LogP) is 0.703. The molecule has 1 unspecified atom stereocenters. The van der Waals surface area contributed by atoms with Crippen LogP contribution in [0.4, 0.5) is 4.39 Å². The van der Waals surface area contributed by atoms with Crippen LogP contribution in [-0.4, -0.2) is 30.6 Å². The number of rotatable bonds is 6. The maximum Gasteiger partial charge on any atom is 0.241 e. The van der Waals surface area contributed by atoms with Crippen molar-refractivity contribution in [3.05, 3.63) is 41.7 Å². The first-order valence-corrected chi connectivity index (χ1v) is 7.73. The second-order valence-corrected chi connectivity index (χ2v) is 6.18. The molecular formula is C12H16FN5O2S. The Hall–Kier alpha value is -1.84. The van der Waals surface area contributed by atoms with Crippen LogP contribution in [0.15, 0.2) is 29.4 Å². The van der Waals surface area contributed by atoms with Gasteiger partial charge in [-0.2, -0.15) is 5.10 Å². The smallest absolute Gasteiger partial charge is 0.241 e. The van der Waals surface area contributed by atoms with Gasteiger partial charge in [-0.25, -0.2) is 22.5 Å². The molecule has 0 fully saturated rings. The van der Waals surface area contributed by atoms with E-state index in [0.29, 0.717) is 17.9 Å². The van der Waals surface area contributed by atoms with Crippen molar-refractivity contribution in [2.24, 2.45) is 0 Å². The Morgan fingerprint density at radius 2 is 2.19 bits per heavy atom. The van der Waals surface area contributed by atoms with Crippen molar-refractivity contribution < 1.29 is 12.8 Å². The molecule has 1 heterocycles. The summed E-state index contributed by atoms with van der Waals surface area (Å²) in [5, 5.41) is 9.11.